The molecule has 3 aromatic rings. The predicted octanol–water partition coefficient (Wildman–Crippen LogP) is -0.182. The fourth-order valence-electron chi connectivity index (χ4n) is 6.41. The van der Waals surface area contributed by atoms with Gasteiger partial charge in [0.1, 0.15) is 24.2 Å². The summed E-state index contributed by atoms with van der Waals surface area (Å²) in [5.41, 5.74) is 8.41. The number of nitrogens with one attached hydrogen (secondary N) is 4. The molecule has 15 heteroatoms. The molecule has 15 nitrogen and oxygen atoms in total. The van der Waals surface area contributed by atoms with Crippen LogP contribution >= 0.6 is 0 Å². The molecular formula is C40H50N6O9. The Kier molecular flexibility index (Phi) is 15.4. The first kappa shape index (κ1) is 42.1. The Balaban J connectivity index is 1.54. The molecule has 5 amide bonds. The lowest BCUT2D eigenvalue weighted by atomic mass is 10.0. The van der Waals surface area contributed by atoms with Gasteiger partial charge in [-0.15, -0.1) is 0 Å². The highest BCUT2D eigenvalue weighted by Crippen LogP contribution is 2.21. The number of aliphatic carboxylic acids is 1. The molecule has 8 atom stereocenters. The molecule has 0 radical (unpaired) electrons. The lowest BCUT2D eigenvalue weighted by Gasteiger charge is -2.31. The van der Waals surface area contributed by atoms with Crippen molar-refractivity contribution in [3.05, 3.63) is 108 Å². The minimum atomic E-state index is -1.60. The van der Waals surface area contributed by atoms with E-state index in [1.165, 1.54) is 18.7 Å². The van der Waals surface area contributed by atoms with E-state index in [0.717, 1.165) is 5.56 Å². The van der Waals surface area contributed by atoms with E-state index < -0.39 is 84.0 Å². The van der Waals surface area contributed by atoms with Crippen molar-refractivity contribution in [1.82, 2.24) is 26.2 Å². The molecule has 1 heterocycles. The summed E-state index contributed by atoms with van der Waals surface area (Å²) >= 11 is 0. The highest BCUT2D eigenvalue weighted by Gasteiger charge is 2.41. The van der Waals surface area contributed by atoms with E-state index in [9.17, 15) is 44.1 Å². The third-order valence-corrected chi connectivity index (χ3v) is 9.40. The number of nitrogens with two attached hydrogens (primary N) is 1. The number of carboxylic acids is 1. The number of carbonyl (C=O) groups excluding carboxylic acids is 5. The fourth-order valence-corrected chi connectivity index (χ4v) is 6.41. The minimum Gasteiger partial charge on any atom is -0.480 e. The number of rotatable bonds is 18. The Morgan fingerprint density at radius 1 is 0.655 bits per heavy atom. The van der Waals surface area contributed by atoms with Crippen LogP contribution in [-0.4, -0.2) is 111 Å². The van der Waals surface area contributed by atoms with E-state index >= 15 is 0 Å². The number of likely N-dealkylation sites (tertiary alicyclic amines) is 1. The zero-order valence-electron chi connectivity index (χ0n) is 30.8. The molecule has 0 saturated carbocycles. The predicted molar refractivity (Wildman–Crippen MR) is 202 cm³/mol. The molecule has 4 rings (SSSR count). The van der Waals surface area contributed by atoms with Gasteiger partial charge in [0.05, 0.1) is 18.2 Å². The third-order valence-electron chi connectivity index (χ3n) is 9.40. The summed E-state index contributed by atoms with van der Waals surface area (Å²) in [6.07, 6.45) is -2.00. The summed E-state index contributed by atoms with van der Waals surface area (Å²) in [6, 6.07) is 19.1. The van der Waals surface area contributed by atoms with E-state index in [0.29, 0.717) is 17.5 Å². The molecule has 294 valence electrons. The summed E-state index contributed by atoms with van der Waals surface area (Å²) in [7, 11) is 0. The largest absolute Gasteiger partial charge is 0.480 e. The zero-order chi connectivity index (χ0) is 40.1. The van der Waals surface area contributed by atoms with Crippen molar-refractivity contribution in [1.29, 1.82) is 0 Å². The second-order valence-electron chi connectivity index (χ2n) is 13.8. The van der Waals surface area contributed by atoms with Crippen LogP contribution in [0.3, 0.4) is 0 Å². The third kappa shape index (κ3) is 12.2. The quantitative estimate of drug-likeness (QED) is 0.0851. The maximum absolute atomic E-state index is 14.2. The number of aliphatic hydroxyl groups excluding tert-OH is 2. The zero-order valence-corrected chi connectivity index (χ0v) is 30.8. The Labute approximate surface area is 319 Å². The van der Waals surface area contributed by atoms with Crippen molar-refractivity contribution in [3.63, 3.8) is 0 Å². The van der Waals surface area contributed by atoms with Gasteiger partial charge in [-0.1, -0.05) is 91.0 Å². The van der Waals surface area contributed by atoms with Gasteiger partial charge in [0.15, 0.2) is 6.04 Å². The van der Waals surface area contributed by atoms with Gasteiger partial charge in [-0.25, -0.2) is 4.79 Å². The average molecular weight is 759 g/mol. The Bertz CT molecular complexity index is 1760. The second-order valence-corrected chi connectivity index (χ2v) is 13.8. The summed E-state index contributed by atoms with van der Waals surface area (Å²) in [5.74, 6) is -5.13. The smallest absolute Gasteiger partial charge is 0.328 e. The minimum absolute atomic E-state index is 0.0197. The molecular weight excluding hydrogens is 708 g/mol. The average Bonchev–Trinajstić information content (AvgIpc) is 3.66. The van der Waals surface area contributed by atoms with Crippen molar-refractivity contribution < 1.29 is 44.1 Å². The van der Waals surface area contributed by atoms with Gasteiger partial charge in [0.2, 0.25) is 29.5 Å². The number of carbonyl (C=O) groups is 6. The number of aliphatic hydroxyl groups is 2. The van der Waals surface area contributed by atoms with E-state index in [4.69, 9.17) is 5.73 Å². The molecule has 3 aromatic carbocycles. The van der Waals surface area contributed by atoms with E-state index in [1.807, 2.05) is 30.3 Å². The molecule has 0 aliphatic carbocycles. The maximum atomic E-state index is 14.2. The summed E-state index contributed by atoms with van der Waals surface area (Å²) < 4.78 is 0. The molecule has 0 spiro atoms. The van der Waals surface area contributed by atoms with Crippen LogP contribution in [0, 0.1) is 0 Å². The van der Waals surface area contributed by atoms with Gasteiger partial charge in [0.25, 0.3) is 0 Å². The van der Waals surface area contributed by atoms with E-state index in [1.54, 1.807) is 60.7 Å². The Hall–Kier alpha value is -5.64. The summed E-state index contributed by atoms with van der Waals surface area (Å²) in [4.78, 5) is 81.3. The van der Waals surface area contributed by atoms with Crippen LogP contribution in [0.15, 0.2) is 91.0 Å². The highest BCUT2D eigenvalue weighted by molar-refractivity contribution is 5.97. The van der Waals surface area contributed by atoms with Gasteiger partial charge in [-0.3, -0.25) is 24.0 Å². The van der Waals surface area contributed by atoms with Crippen molar-refractivity contribution in [3.8, 4) is 0 Å². The molecule has 9 N–H and O–H groups in total. The van der Waals surface area contributed by atoms with Crippen molar-refractivity contribution in [2.75, 3.05) is 6.54 Å². The number of nitrogens with zero attached hydrogens (tertiary/aromatic N) is 1. The number of carboxylic acid groups (broad SMARTS) is 1. The van der Waals surface area contributed by atoms with Crippen LogP contribution in [0.25, 0.3) is 0 Å². The normalized spacial score (nSPS) is 17.7. The number of hydrogen-bond acceptors (Lipinski definition) is 9. The molecule has 1 saturated heterocycles. The van der Waals surface area contributed by atoms with Crippen LogP contribution in [0.5, 0.6) is 0 Å². The topological polar surface area (TPSA) is 240 Å². The monoisotopic (exact) mass is 758 g/mol. The Morgan fingerprint density at radius 3 is 1.62 bits per heavy atom. The summed E-state index contributed by atoms with van der Waals surface area (Å²) in [5, 5.41) is 40.4. The maximum Gasteiger partial charge on any atom is 0.328 e. The molecule has 1 aliphatic heterocycles. The van der Waals surface area contributed by atoms with Crippen molar-refractivity contribution >= 4 is 35.5 Å². The van der Waals surface area contributed by atoms with E-state index in [2.05, 4.69) is 21.3 Å². The summed E-state index contributed by atoms with van der Waals surface area (Å²) in [6.45, 7) is 2.65. The SMILES string of the molecule is C[C@@H](O)[C@H](NC(=O)[C@@H]1CCCN1C(=O)[C@H](Cc1ccccc1)NC(=O)[C@@H](NC(=O)[C@H](Cc1ccccc1)NC(=O)[C@@H](N)Cc1ccccc1)[C@@H](C)O)C(=O)O. The van der Waals surface area contributed by atoms with Crippen molar-refractivity contribution in [2.24, 2.45) is 5.73 Å². The van der Waals surface area contributed by atoms with E-state index in [-0.39, 0.29) is 32.2 Å². The van der Waals surface area contributed by atoms with Gasteiger partial charge < -0.3 is 47.2 Å². The highest BCUT2D eigenvalue weighted by atomic mass is 16.4. The standard InChI is InChI=1S/C40H50N6O9/c1-24(47)33(44-36(50)30(22-27-15-8-4-9-16-27)42-35(49)29(41)21-26-13-6-3-7-14-26)38(52)43-31(23-28-17-10-5-11-18-28)39(53)46-20-12-19-32(46)37(51)45-34(25(2)48)40(54)55/h3-11,13-18,24-25,29-34,47-48H,12,19-23,41H2,1-2H3,(H,42,49)(H,43,52)(H,44,50)(H,45,51)(H,54,55)/t24-,25-,29+,30+,31+,32+,33+,34+/m1/s1. The molecule has 0 unspecified atom stereocenters. The van der Waals surface area contributed by atoms with Crippen molar-refractivity contribution in [2.45, 2.75) is 94.4 Å². The number of hydrogen-bond donors (Lipinski definition) is 8. The van der Waals surface area contributed by atoms with Crippen LogP contribution in [-0.2, 0) is 48.0 Å². The molecule has 55 heavy (non-hydrogen) atoms. The van der Waals surface area contributed by atoms with Crippen LogP contribution < -0.4 is 27.0 Å². The lowest BCUT2D eigenvalue weighted by molar-refractivity contribution is -0.147. The number of amides is 5. The van der Waals surface area contributed by atoms with Gasteiger partial charge in [-0.2, -0.15) is 0 Å². The number of benzene rings is 3. The van der Waals surface area contributed by atoms with Gasteiger partial charge >= 0.3 is 5.97 Å². The van der Waals surface area contributed by atoms with Gasteiger partial charge in [0, 0.05) is 19.4 Å². The Morgan fingerprint density at radius 2 is 1.13 bits per heavy atom. The molecule has 1 aliphatic rings. The molecule has 1 fully saturated rings. The second kappa shape index (κ2) is 20.2. The first-order chi connectivity index (χ1) is 26.2. The molecule has 0 bridgehead atoms. The fraction of sp³-hybridized carbons (Fsp3) is 0.400. The first-order valence-electron chi connectivity index (χ1n) is 18.2. The molecule has 0 aromatic heterocycles. The van der Waals surface area contributed by atoms with Crippen LogP contribution in [0.4, 0.5) is 0 Å². The van der Waals surface area contributed by atoms with Crippen LogP contribution in [0.1, 0.15) is 43.4 Å². The van der Waals surface area contributed by atoms with Gasteiger partial charge in [-0.05, 0) is 49.8 Å². The van der Waals surface area contributed by atoms with Crippen LogP contribution in [0.2, 0.25) is 0 Å². The lowest BCUT2D eigenvalue weighted by Crippen LogP contribution is -2.62. The first-order valence-corrected chi connectivity index (χ1v) is 18.2.